The van der Waals surface area contributed by atoms with E-state index in [1.807, 2.05) is 6.08 Å². The van der Waals surface area contributed by atoms with E-state index in [-0.39, 0.29) is 5.54 Å². The lowest BCUT2D eigenvalue weighted by Gasteiger charge is -2.34. The molecule has 0 saturated heterocycles. The number of benzene rings is 5. The molecule has 1 aliphatic carbocycles. The van der Waals surface area contributed by atoms with Gasteiger partial charge in [-0.05, 0) is 76.0 Å². The molecule has 204 valence electrons. The van der Waals surface area contributed by atoms with Crippen LogP contribution in [0.3, 0.4) is 0 Å². The Morgan fingerprint density at radius 3 is 1.68 bits per heavy atom. The zero-order valence-corrected chi connectivity index (χ0v) is 25.8. The van der Waals surface area contributed by atoms with Gasteiger partial charge in [0.05, 0.1) is 8.07 Å². The molecule has 1 nitrogen and oxygen atoms in total. The largest absolute Gasteiger partial charge is 0.489 e. The van der Waals surface area contributed by atoms with Crippen molar-refractivity contribution in [3.05, 3.63) is 144 Å². The smallest absolute Gasteiger partial charge is 0.121 e. The first kappa shape index (κ1) is 27.0. The minimum Gasteiger partial charge on any atom is -0.489 e. The van der Waals surface area contributed by atoms with E-state index in [1.54, 1.807) is 0 Å². The molecular formula is C39H38OSi. The van der Waals surface area contributed by atoms with Gasteiger partial charge in [-0.1, -0.05) is 140 Å². The van der Waals surface area contributed by atoms with Gasteiger partial charge < -0.3 is 4.74 Å². The van der Waals surface area contributed by atoms with E-state index in [0.717, 1.165) is 5.75 Å². The number of fused-ring (bicyclic) bond motifs is 3. The maximum Gasteiger partial charge on any atom is 0.121 e. The normalized spacial score (nSPS) is 12.6. The van der Waals surface area contributed by atoms with Gasteiger partial charge in [0.25, 0.3) is 0 Å². The summed E-state index contributed by atoms with van der Waals surface area (Å²) in [5.41, 5.74) is 14.7. The Morgan fingerprint density at radius 1 is 0.659 bits per heavy atom. The zero-order chi connectivity index (χ0) is 28.7. The highest BCUT2D eigenvalue weighted by Crippen LogP contribution is 2.51. The first-order chi connectivity index (χ1) is 19.8. The molecule has 2 heteroatoms. The second-order valence-corrected chi connectivity index (χ2v) is 16.6. The third-order valence-electron chi connectivity index (χ3n) is 8.69. The fourth-order valence-electron chi connectivity index (χ4n) is 6.70. The SMILES string of the molecule is C=CCOc1c(C)cccc1[Si](C)(C)C1c2cc(-c3cccc(C)c3)ccc2-c2ccc(-c3cccc(C)c3)cc21. The predicted octanol–water partition coefficient (Wildman–Crippen LogP) is 9.78. The van der Waals surface area contributed by atoms with E-state index in [4.69, 9.17) is 4.74 Å². The highest BCUT2D eigenvalue weighted by atomic mass is 28.3. The molecule has 0 unspecified atom stereocenters. The molecule has 0 amide bonds. The van der Waals surface area contributed by atoms with Gasteiger partial charge >= 0.3 is 0 Å². The summed E-state index contributed by atoms with van der Waals surface area (Å²) in [5.74, 6) is 1.03. The zero-order valence-electron chi connectivity index (χ0n) is 24.8. The summed E-state index contributed by atoms with van der Waals surface area (Å²) in [5, 5.41) is 1.37. The van der Waals surface area contributed by atoms with Crippen molar-refractivity contribution < 1.29 is 4.74 Å². The van der Waals surface area contributed by atoms with E-state index < -0.39 is 8.07 Å². The van der Waals surface area contributed by atoms with E-state index in [9.17, 15) is 0 Å². The molecule has 1 aliphatic rings. The predicted molar refractivity (Wildman–Crippen MR) is 178 cm³/mol. The molecular weight excluding hydrogens is 513 g/mol. The summed E-state index contributed by atoms with van der Waals surface area (Å²) in [7, 11) is -2.20. The Balaban J connectivity index is 1.58. The van der Waals surface area contributed by atoms with Gasteiger partial charge in [0, 0.05) is 5.54 Å². The number of hydrogen-bond donors (Lipinski definition) is 0. The van der Waals surface area contributed by atoms with Gasteiger partial charge in [0.15, 0.2) is 0 Å². The fourth-order valence-corrected chi connectivity index (χ4v) is 10.4. The number of hydrogen-bond acceptors (Lipinski definition) is 1. The topological polar surface area (TPSA) is 9.23 Å². The maximum atomic E-state index is 6.37. The molecule has 0 aromatic heterocycles. The van der Waals surface area contributed by atoms with Crippen molar-refractivity contribution in [3.63, 3.8) is 0 Å². The lowest BCUT2D eigenvalue weighted by Crippen LogP contribution is -2.48. The Bertz CT molecular complexity index is 1680. The quantitative estimate of drug-likeness (QED) is 0.145. The lowest BCUT2D eigenvalue weighted by atomic mass is 9.97. The summed E-state index contributed by atoms with van der Waals surface area (Å²) in [6.45, 7) is 16.0. The van der Waals surface area contributed by atoms with Crippen molar-refractivity contribution in [2.45, 2.75) is 39.4 Å². The molecule has 6 rings (SSSR count). The van der Waals surface area contributed by atoms with Crippen LogP contribution in [0.25, 0.3) is 33.4 Å². The molecule has 0 bridgehead atoms. The Hall–Kier alpha value is -4.14. The fraction of sp³-hybridized carbons (Fsp3) is 0.179. The summed E-state index contributed by atoms with van der Waals surface area (Å²) < 4.78 is 6.37. The second-order valence-electron chi connectivity index (χ2n) is 12.0. The highest BCUT2D eigenvalue weighted by Gasteiger charge is 2.44. The van der Waals surface area contributed by atoms with E-state index in [2.05, 4.69) is 144 Å². The Labute approximate surface area is 246 Å². The standard InChI is InChI=1S/C39H38OSi/c1-7-21-40-38-28(4)13-10-16-37(38)41(5,6)39-35-24-31(29-14-8-11-26(2)22-29)17-19-33(35)34-20-18-32(25-36(34)39)30-15-9-12-27(3)23-30/h7-20,22-25,39H,1,21H2,2-6H3. The summed E-state index contributed by atoms with van der Waals surface area (Å²) in [6.07, 6.45) is 1.84. The van der Waals surface area contributed by atoms with Gasteiger partial charge in [0.1, 0.15) is 12.4 Å². The molecule has 41 heavy (non-hydrogen) atoms. The minimum atomic E-state index is -2.20. The number of ether oxygens (including phenoxy) is 1. The summed E-state index contributed by atoms with van der Waals surface area (Å²) in [4.78, 5) is 0. The lowest BCUT2D eigenvalue weighted by molar-refractivity contribution is 0.363. The first-order valence-electron chi connectivity index (χ1n) is 14.5. The van der Waals surface area contributed by atoms with Crippen LogP contribution >= 0.6 is 0 Å². The number of rotatable bonds is 7. The molecule has 0 spiro atoms. The number of aryl methyl sites for hydroxylation is 3. The van der Waals surface area contributed by atoms with Crippen LogP contribution in [0.15, 0.2) is 116 Å². The molecule has 0 fully saturated rings. The molecule has 0 heterocycles. The minimum absolute atomic E-state index is 0.287. The van der Waals surface area contributed by atoms with Gasteiger partial charge in [-0.25, -0.2) is 0 Å². The average molecular weight is 551 g/mol. The monoisotopic (exact) mass is 550 g/mol. The van der Waals surface area contributed by atoms with Crippen molar-refractivity contribution in [1.82, 2.24) is 0 Å². The van der Waals surface area contributed by atoms with Crippen LogP contribution in [-0.4, -0.2) is 14.7 Å². The van der Waals surface area contributed by atoms with E-state index in [0.29, 0.717) is 6.61 Å². The van der Waals surface area contributed by atoms with Gasteiger partial charge in [0.2, 0.25) is 0 Å². The van der Waals surface area contributed by atoms with Crippen LogP contribution in [0, 0.1) is 20.8 Å². The molecule has 5 aromatic rings. The molecule has 0 saturated carbocycles. The maximum absolute atomic E-state index is 6.37. The third-order valence-corrected chi connectivity index (χ3v) is 12.5. The van der Waals surface area contributed by atoms with Crippen molar-refractivity contribution >= 4 is 13.3 Å². The summed E-state index contributed by atoms with van der Waals surface area (Å²) in [6, 6.07) is 38.6. The molecule has 5 aromatic carbocycles. The van der Waals surface area contributed by atoms with Crippen molar-refractivity contribution in [1.29, 1.82) is 0 Å². The van der Waals surface area contributed by atoms with Crippen LogP contribution in [0.1, 0.15) is 33.4 Å². The van der Waals surface area contributed by atoms with Gasteiger partial charge in [-0.2, -0.15) is 0 Å². The van der Waals surface area contributed by atoms with Crippen molar-refractivity contribution in [2.24, 2.45) is 0 Å². The second kappa shape index (κ2) is 10.7. The van der Waals surface area contributed by atoms with Crippen LogP contribution in [-0.2, 0) is 0 Å². The Morgan fingerprint density at radius 2 is 1.17 bits per heavy atom. The molecule has 0 aliphatic heterocycles. The molecule has 0 atom stereocenters. The van der Waals surface area contributed by atoms with Crippen LogP contribution < -0.4 is 9.92 Å². The van der Waals surface area contributed by atoms with Crippen LogP contribution in [0.4, 0.5) is 0 Å². The number of para-hydroxylation sites is 1. The Kier molecular flexibility index (Phi) is 7.05. The molecule has 0 N–H and O–H groups in total. The van der Waals surface area contributed by atoms with E-state index in [1.165, 1.54) is 66.4 Å². The van der Waals surface area contributed by atoms with E-state index >= 15 is 0 Å². The van der Waals surface area contributed by atoms with Crippen LogP contribution in [0.5, 0.6) is 5.75 Å². The van der Waals surface area contributed by atoms with Gasteiger partial charge in [-0.15, -0.1) is 0 Å². The van der Waals surface area contributed by atoms with Crippen molar-refractivity contribution in [2.75, 3.05) is 6.61 Å². The average Bonchev–Trinajstić information content (AvgIpc) is 3.30. The first-order valence-corrected chi connectivity index (χ1v) is 17.6. The third kappa shape index (κ3) is 4.87. The summed E-state index contributed by atoms with van der Waals surface area (Å²) >= 11 is 0. The van der Waals surface area contributed by atoms with Crippen LogP contribution in [0.2, 0.25) is 13.1 Å². The molecule has 0 radical (unpaired) electrons. The highest BCUT2D eigenvalue weighted by molar-refractivity contribution is 6.92. The van der Waals surface area contributed by atoms with Crippen molar-refractivity contribution in [3.8, 4) is 39.1 Å². The van der Waals surface area contributed by atoms with Gasteiger partial charge in [-0.3, -0.25) is 0 Å².